The summed E-state index contributed by atoms with van der Waals surface area (Å²) in [6.07, 6.45) is 0.774. The summed E-state index contributed by atoms with van der Waals surface area (Å²) in [6.45, 7) is 3.21. The van der Waals surface area contributed by atoms with Crippen LogP contribution in [0.3, 0.4) is 0 Å². The highest BCUT2D eigenvalue weighted by Crippen LogP contribution is 2.12. The summed E-state index contributed by atoms with van der Waals surface area (Å²) in [5.41, 5.74) is -2.18. The Bertz CT molecular complexity index is 282. The number of carbonyl (C=O) groups excluding carboxylic acids is 1. The Balaban J connectivity index is 4.73. The minimum atomic E-state index is -2.18. The average molecular weight is 202 g/mol. The van der Waals surface area contributed by atoms with Gasteiger partial charge in [0.1, 0.15) is 6.61 Å². The van der Waals surface area contributed by atoms with Crippen molar-refractivity contribution in [2.75, 3.05) is 6.61 Å². The minimum Gasteiger partial charge on any atom is -0.480 e. The molecule has 0 fully saturated rings. The summed E-state index contributed by atoms with van der Waals surface area (Å²) in [7, 11) is 0. The van der Waals surface area contributed by atoms with Crippen LogP contribution in [0.2, 0.25) is 0 Å². The molecule has 14 heavy (non-hydrogen) atoms. The Hall–Kier alpha value is -1.69. The number of ether oxygens (including phenoxy) is 1. The summed E-state index contributed by atoms with van der Waals surface area (Å²) in [5.74, 6) is -3.80. The maximum Gasteiger partial charge on any atom is 0.343 e. The lowest BCUT2D eigenvalue weighted by atomic mass is 10.0. The van der Waals surface area contributed by atoms with Crippen LogP contribution in [0.4, 0.5) is 0 Å². The zero-order valence-corrected chi connectivity index (χ0v) is 7.52. The minimum absolute atomic E-state index is 0.774. The standard InChI is InChI=1S/C8H10O6/c1-3-5(9)8(2,7(12)13)14-4-6(10)11/h3H,1,4H2,2H3,(H,10,11)(H,12,13). The van der Waals surface area contributed by atoms with E-state index >= 15 is 0 Å². The first-order valence-electron chi connectivity index (χ1n) is 3.60. The molecular formula is C8H10O6. The van der Waals surface area contributed by atoms with Crippen molar-refractivity contribution in [2.24, 2.45) is 0 Å². The van der Waals surface area contributed by atoms with Gasteiger partial charge in [-0.1, -0.05) is 6.58 Å². The van der Waals surface area contributed by atoms with Gasteiger partial charge in [-0.15, -0.1) is 0 Å². The van der Waals surface area contributed by atoms with E-state index in [0.29, 0.717) is 0 Å². The molecule has 0 bridgehead atoms. The van der Waals surface area contributed by atoms with Crippen LogP contribution in [0.25, 0.3) is 0 Å². The second kappa shape index (κ2) is 4.52. The van der Waals surface area contributed by atoms with E-state index in [9.17, 15) is 14.4 Å². The molecule has 1 atom stereocenters. The van der Waals surface area contributed by atoms with Crippen molar-refractivity contribution in [1.29, 1.82) is 0 Å². The molecule has 0 spiro atoms. The molecule has 2 N–H and O–H groups in total. The average Bonchev–Trinajstić information content (AvgIpc) is 2.12. The monoisotopic (exact) mass is 202 g/mol. The van der Waals surface area contributed by atoms with Crippen LogP contribution in [-0.4, -0.2) is 40.1 Å². The normalized spacial score (nSPS) is 14.1. The topological polar surface area (TPSA) is 101 Å². The van der Waals surface area contributed by atoms with Gasteiger partial charge in [-0.3, -0.25) is 4.79 Å². The molecule has 1 unspecified atom stereocenters. The fraction of sp³-hybridized carbons (Fsp3) is 0.375. The molecule has 0 heterocycles. The molecule has 6 nitrogen and oxygen atoms in total. The summed E-state index contributed by atoms with van der Waals surface area (Å²) in [5, 5.41) is 16.9. The van der Waals surface area contributed by atoms with Gasteiger partial charge in [0.25, 0.3) is 0 Å². The molecule has 0 saturated carbocycles. The van der Waals surface area contributed by atoms with E-state index in [1.165, 1.54) is 0 Å². The number of hydrogen-bond donors (Lipinski definition) is 2. The molecule has 0 amide bonds. The lowest BCUT2D eigenvalue weighted by Gasteiger charge is -2.20. The third-order valence-electron chi connectivity index (χ3n) is 1.55. The van der Waals surface area contributed by atoms with Crippen LogP contribution in [0.1, 0.15) is 6.92 Å². The molecule has 0 aromatic rings. The zero-order valence-electron chi connectivity index (χ0n) is 7.52. The Labute approximate surface area is 79.8 Å². The first kappa shape index (κ1) is 12.3. The Morgan fingerprint density at radius 3 is 2.21 bits per heavy atom. The van der Waals surface area contributed by atoms with Gasteiger partial charge in [-0.25, -0.2) is 9.59 Å². The first-order valence-corrected chi connectivity index (χ1v) is 3.60. The van der Waals surface area contributed by atoms with E-state index in [1.807, 2.05) is 0 Å². The van der Waals surface area contributed by atoms with Crippen molar-refractivity contribution < 1.29 is 29.3 Å². The fourth-order valence-corrected chi connectivity index (χ4v) is 0.639. The number of aliphatic carboxylic acids is 2. The number of carbonyl (C=O) groups is 3. The van der Waals surface area contributed by atoms with E-state index in [0.717, 1.165) is 13.0 Å². The second-order valence-electron chi connectivity index (χ2n) is 2.59. The van der Waals surface area contributed by atoms with Gasteiger partial charge >= 0.3 is 11.9 Å². The third kappa shape index (κ3) is 2.67. The molecule has 0 aliphatic heterocycles. The van der Waals surface area contributed by atoms with Gasteiger partial charge < -0.3 is 14.9 Å². The first-order chi connectivity index (χ1) is 6.34. The largest absolute Gasteiger partial charge is 0.480 e. The van der Waals surface area contributed by atoms with Crippen LogP contribution in [-0.2, 0) is 19.1 Å². The molecule has 0 rings (SSSR count). The van der Waals surface area contributed by atoms with Crippen molar-refractivity contribution in [3.63, 3.8) is 0 Å². The molecule has 0 aromatic carbocycles. The van der Waals surface area contributed by atoms with E-state index in [-0.39, 0.29) is 0 Å². The predicted octanol–water partition coefficient (Wildman–Crippen LogP) is -0.314. The number of carboxylic acids is 2. The SMILES string of the molecule is C=CC(=O)C(C)(OCC(=O)O)C(=O)O. The molecule has 0 saturated heterocycles. The lowest BCUT2D eigenvalue weighted by Crippen LogP contribution is -2.46. The van der Waals surface area contributed by atoms with Crippen LogP contribution < -0.4 is 0 Å². The van der Waals surface area contributed by atoms with Gasteiger partial charge in [-0.2, -0.15) is 0 Å². The van der Waals surface area contributed by atoms with Gasteiger partial charge in [-0.05, 0) is 13.0 Å². The summed E-state index contributed by atoms with van der Waals surface area (Å²) < 4.78 is 4.49. The van der Waals surface area contributed by atoms with Gasteiger partial charge in [0.15, 0.2) is 5.78 Å². The highest BCUT2D eigenvalue weighted by atomic mass is 16.5. The molecular weight excluding hydrogens is 192 g/mol. The van der Waals surface area contributed by atoms with Crippen LogP contribution in [0.5, 0.6) is 0 Å². The quantitative estimate of drug-likeness (QED) is 0.452. The number of carboxylic acid groups (broad SMARTS) is 2. The molecule has 0 aliphatic carbocycles. The molecule has 0 aliphatic rings. The van der Waals surface area contributed by atoms with E-state index in [1.54, 1.807) is 0 Å². The molecule has 0 aromatic heterocycles. The van der Waals surface area contributed by atoms with Gasteiger partial charge in [0, 0.05) is 0 Å². The van der Waals surface area contributed by atoms with Crippen LogP contribution in [0, 0.1) is 0 Å². The van der Waals surface area contributed by atoms with Crippen molar-refractivity contribution >= 4 is 17.7 Å². The highest BCUT2D eigenvalue weighted by Gasteiger charge is 2.41. The Kier molecular flexibility index (Phi) is 3.97. The third-order valence-corrected chi connectivity index (χ3v) is 1.55. The molecule has 0 radical (unpaired) electrons. The van der Waals surface area contributed by atoms with Crippen molar-refractivity contribution in [2.45, 2.75) is 12.5 Å². The number of ketones is 1. The van der Waals surface area contributed by atoms with Crippen molar-refractivity contribution in [3.05, 3.63) is 12.7 Å². The zero-order chi connectivity index (χ0) is 11.4. The van der Waals surface area contributed by atoms with Crippen LogP contribution in [0.15, 0.2) is 12.7 Å². The maximum atomic E-state index is 11.1. The predicted molar refractivity (Wildman–Crippen MR) is 44.8 cm³/mol. The fourth-order valence-electron chi connectivity index (χ4n) is 0.639. The van der Waals surface area contributed by atoms with Gasteiger partial charge in [0.2, 0.25) is 5.60 Å². The number of rotatable bonds is 6. The van der Waals surface area contributed by atoms with Crippen molar-refractivity contribution in [3.8, 4) is 0 Å². The van der Waals surface area contributed by atoms with Crippen LogP contribution >= 0.6 is 0 Å². The number of hydrogen-bond acceptors (Lipinski definition) is 4. The Morgan fingerprint density at radius 1 is 1.43 bits per heavy atom. The van der Waals surface area contributed by atoms with E-state index in [4.69, 9.17) is 10.2 Å². The molecule has 6 heteroatoms. The lowest BCUT2D eigenvalue weighted by molar-refractivity contribution is -0.172. The summed E-state index contributed by atoms with van der Waals surface area (Å²) in [6, 6.07) is 0. The smallest absolute Gasteiger partial charge is 0.343 e. The maximum absolute atomic E-state index is 11.1. The van der Waals surface area contributed by atoms with Crippen molar-refractivity contribution in [1.82, 2.24) is 0 Å². The van der Waals surface area contributed by atoms with E-state index < -0.39 is 29.9 Å². The highest BCUT2D eigenvalue weighted by molar-refractivity contribution is 6.11. The second-order valence-corrected chi connectivity index (χ2v) is 2.59. The van der Waals surface area contributed by atoms with E-state index in [2.05, 4.69) is 11.3 Å². The van der Waals surface area contributed by atoms with Gasteiger partial charge in [0.05, 0.1) is 0 Å². The molecule has 78 valence electrons. The summed E-state index contributed by atoms with van der Waals surface area (Å²) in [4.78, 5) is 31.8. The summed E-state index contributed by atoms with van der Waals surface area (Å²) >= 11 is 0. The Morgan fingerprint density at radius 2 is 1.93 bits per heavy atom.